The van der Waals surface area contributed by atoms with Crippen LogP contribution in [0.25, 0.3) is 0 Å². The standard InChI is InChI=1S/C8H13NO4/c1-2-12-8(11)7(10)9-5-6-3-4-13-6/h6H,2-5H2,1H3,(H,9,10). The molecule has 5 nitrogen and oxygen atoms in total. The van der Waals surface area contributed by atoms with Gasteiger partial charge >= 0.3 is 11.9 Å². The second kappa shape index (κ2) is 4.81. The number of amides is 1. The average molecular weight is 187 g/mol. The summed E-state index contributed by atoms with van der Waals surface area (Å²) in [4.78, 5) is 21.7. The van der Waals surface area contributed by atoms with Crippen LogP contribution in [0.2, 0.25) is 0 Å². The SMILES string of the molecule is CCOC(=O)C(=O)NCC1CCO1. The normalized spacial score (nSPS) is 20.2. The van der Waals surface area contributed by atoms with Gasteiger partial charge in [0.25, 0.3) is 0 Å². The van der Waals surface area contributed by atoms with Crippen LogP contribution in [0.5, 0.6) is 0 Å². The third kappa shape index (κ3) is 3.02. The van der Waals surface area contributed by atoms with E-state index in [9.17, 15) is 9.59 Å². The molecule has 0 spiro atoms. The molecule has 1 saturated heterocycles. The van der Waals surface area contributed by atoms with Crippen molar-refractivity contribution in [2.75, 3.05) is 19.8 Å². The van der Waals surface area contributed by atoms with E-state index in [0.717, 1.165) is 13.0 Å². The molecule has 0 aromatic rings. The Bertz CT molecular complexity index is 200. The lowest BCUT2D eigenvalue weighted by atomic mass is 10.2. The fraction of sp³-hybridized carbons (Fsp3) is 0.750. The molecule has 1 rings (SSSR count). The molecule has 1 N–H and O–H groups in total. The van der Waals surface area contributed by atoms with Crippen LogP contribution < -0.4 is 5.32 Å². The van der Waals surface area contributed by atoms with Crippen molar-refractivity contribution >= 4 is 11.9 Å². The lowest BCUT2D eigenvalue weighted by Gasteiger charge is -2.26. The summed E-state index contributed by atoms with van der Waals surface area (Å²) in [5.74, 6) is -1.53. The Morgan fingerprint density at radius 2 is 2.31 bits per heavy atom. The summed E-state index contributed by atoms with van der Waals surface area (Å²) in [6.07, 6.45) is 1.00. The van der Waals surface area contributed by atoms with Crippen molar-refractivity contribution < 1.29 is 19.1 Å². The fourth-order valence-corrected chi connectivity index (χ4v) is 0.921. The van der Waals surface area contributed by atoms with Gasteiger partial charge in [-0.3, -0.25) is 4.79 Å². The molecule has 1 heterocycles. The number of nitrogens with one attached hydrogen (secondary N) is 1. The lowest BCUT2D eigenvalue weighted by Crippen LogP contribution is -2.42. The van der Waals surface area contributed by atoms with Crippen molar-refractivity contribution in [2.24, 2.45) is 0 Å². The molecular formula is C8H13NO4. The molecule has 0 aromatic heterocycles. The Morgan fingerprint density at radius 3 is 2.77 bits per heavy atom. The van der Waals surface area contributed by atoms with Gasteiger partial charge in [0.15, 0.2) is 0 Å². The van der Waals surface area contributed by atoms with Gasteiger partial charge in [0, 0.05) is 13.2 Å². The molecule has 0 saturated carbocycles. The van der Waals surface area contributed by atoms with Crippen LogP contribution >= 0.6 is 0 Å². The molecule has 1 fully saturated rings. The van der Waals surface area contributed by atoms with Crippen LogP contribution in [0, 0.1) is 0 Å². The Hall–Kier alpha value is -1.10. The summed E-state index contributed by atoms with van der Waals surface area (Å²) in [5, 5.41) is 2.43. The van der Waals surface area contributed by atoms with Crippen LogP contribution in [0.15, 0.2) is 0 Å². The molecule has 0 radical (unpaired) electrons. The van der Waals surface area contributed by atoms with Crippen molar-refractivity contribution in [3.8, 4) is 0 Å². The molecule has 0 aliphatic carbocycles. The van der Waals surface area contributed by atoms with Gasteiger partial charge in [-0.25, -0.2) is 4.79 Å². The van der Waals surface area contributed by atoms with Gasteiger partial charge in [-0.2, -0.15) is 0 Å². The molecule has 1 atom stereocenters. The van der Waals surface area contributed by atoms with Gasteiger partial charge < -0.3 is 14.8 Å². The lowest BCUT2D eigenvalue weighted by molar-refractivity contribution is -0.155. The first-order valence-corrected chi connectivity index (χ1v) is 4.30. The quantitative estimate of drug-likeness (QED) is 0.476. The third-order valence-corrected chi connectivity index (χ3v) is 1.74. The Morgan fingerprint density at radius 1 is 1.62 bits per heavy atom. The van der Waals surface area contributed by atoms with Gasteiger partial charge in [0.05, 0.1) is 12.7 Å². The van der Waals surface area contributed by atoms with E-state index >= 15 is 0 Å². The fourth-order valence-electron chi connectivity index (χ4n) is 0.921. The summed E-state index contributed by atoms with van der Waals surface area (Å²) in [7, 11) is 0. The molecule has 5 heteroatoms. The number of rotatable bonds is 3. The van der Waals surface area contributed by atoms with Crippen LogP contribution in [0.1, 0.15) is 13.3 Å². The largest absolute Gasteiger partial charge is 0.459 e. The van der Waals surface area contributed by atoms with Gasteiger partial charge in [-0.05, 0) is 13.3 Å². The van der Waals surface area contributed by atoms with Gasteiger partial charge in [-0.15, -0.1) is 0 Å². The van der Waals surface area contributed by atoms with Crippen molar-refractivity contribution in [3.05, 3.63) is 0 Å². The van der Waals surface area contributed by atoms with Crippen molar-refractivity contribution in [1.82, 2.24) is 5.32 Å². The molecule has 1 aliphatic heterocycles. The predicted octanol–water partition coefficient (Wildman–Crippen LogP) is -0.545. The Labute approximate surface area is 76.4 Å². The number of esters is 1. The molecule has 74 valence electrons. The summed E-state index contributed by atoms with van der Waals surface area (Å²) in [6.45, 7) is 2.99. The minimum Gasteiger partial charge on any atom is -0.459 e. The summed E-state index contributed by atoms with van der Waals surface area (Å²) in [6, 6.07) is 0. The highest BCUT2D eigenvalue weighted by molar-refractivity contribution is 6.32. The van der Waals surface area contributed by atoms with E-state index in [4.69, 9.17) is 4.74 Å². The number of carbonyl (C=O) groups is 2. The zero-order valence-electron chi connectivity index (χ0n) is 7.54. The van der Waals surface area contributed by atoms with E-state index in [-0.39, 0.29) is 12.7 Å². The van der Waals surface area contributed by atoms with Crippen molar-refractivity contribution in [2.45, 2.75) is 19.4 Å². The zero-order valence-corrected chi connectivity index (χ0v) is 7.54. The minimum absolute atomic E-state index is 0.0679. The topological polar surface area (TPSA) is 64.6 Å². The Balaban J connectivity index is 2.12. The van der Waals surface area contributed by atoms with Crippen LogP contribution in [0.3, 0.4) is 0 Å². The molecule has 0 bridgehead atoms. The van der Waals surface area contributed by atoms with Gasteiger partial charge in [0.1, 0.15) is 0 Å². The molecule has 13 heavy (non-hydrogen) atoms. The first-order valence-electron chi connectivity index (χ1n) is 4.30. The summed E-state index contributed by atoms with van der Waals surface area (Å²) in [5.41, 5.74) is 0. The second-order valence-electron chi connectivity index (χ2n) is 2.71. The van der Waals surface area contributed by atoms with E-state index in [2.05, 4.69) is 10.1 Å². The summed E-state index contributed by atoms with van der Waals surface area (Å²) >= 11 is 0. The highest BCUT2D eigenvalue weighted by Gasteiger charge is 2.21. The van der Waals surface area contributed by atoms with Crippen LogP contribution in [0.4, 0.5) is 0 Å². The van der Waals surface area contributed by atoms with E-state index < -0.39 is 11.9 Å². The summed E-state index contributed by atoms with van der Waals surface area (Å²) < 4.78 is 9.55. The predicted molar refractivity (Wildman–Crippen MR) is 44.0 cm³/mol. The van der Waals surface area contributed by atoms with Crippen LogP contribution in [-0.4, -0.2) is 37.7 Å². The molecule has 1 unspecified atom stereocenters. The van der Waals surface area contributed by atoms with Crippen molar-refractivity contribution in [3.63, 3.8) is 0 Å². The molecular weight excluding hydrogens is 174 g/mol. The average Bonchev–Trinajstić information content (AvgIpc) is 2.01. The molecule has 1 aliphatic rings. The number of ether oxygens (including phenoxy) is 2. The number of hydrogen-bond donors (Lipinski definition) is 1. The van der Waals surface area contributed by atoms with Crippen LogP contribution in [-0.2, 0) is 19.1 Å². The van der Waals surface area contributed by atoms with E-state index in [0.29, 0.717) is 6.54 Å². The number of hydrogen-bond acceptors (Lipinski definition) is 4. The molecule has 1 amide bonds. The first kappa shape index (κ1) is 9.98. The Kier molecular flexibility index (Phi) is 3.70. The second-order valence-corrected chi connectivity index (χ2v) is 2.71. The maximum Gasteiger partial charge on any atom is 0.396 e. The van der Waals surface area contributed by atoms with Crippen molar-refractivity contribution in [1.29, 1.82) is 0 Å². The monoisotopic (exact) mass is 187 g/mol. The van der Waals surface area contributed by atoms with E-state index in [1.165, 1.54) is 0 Å². The minimum atomic E-state index is -0.832. The van der Waals surface area contributed by atoms with Gasteiger partial charge in [0.2, 0.25) is 0 Å². The van der Waals surface area contributed by atoms with E-state index in [1.54, 1.807) is 6.92 Å². The third-order valence-electron chi connectivity index (χ3n) is 1.74. The maximum atomic E-state index is 10.9. The van der Waals surface area contributed by atoms with Gasteiger partial charge in [-0.1, -0.05) is 0 Å². The molecule has 0 aromatic carbocycles. The number of carbonyl (C=O) groups excluding carboxylic acids is 2. The first-order chi connectivity index (χ1) is 6.24. The highest BCUT2D eigenvalue weighted by atomic mass is 16.5. The highest BCUT2D eigenvalue weighted by Crippen LogP contribution is 2.08. The maximum absolute atomic E-state index is 10.9. The smallest absolute Gasteiger partial charge is 0.396 e. The van der Waals surface area contributed by atoms with E-state index in [1.807, 2.05) is 0 Å². The zero-order chi connectivity index (χ0) is 9.68.